The van der Waals surface area contributed by atoms with Gasteiger partial charge in [0, 0.05) is 31.3 Å². The van der Waals surface area contributed by atoms with Crippen molar-refractivity contribution < 1.29 is 28.7 Å². The number of hydrogen-bond acceptors (Lipinski definition) is 9. The van der Waals surface area contributed by atoms with Crippen molar-refractivity contribution in [3.8, 4) is 0 Å². The number of benzene rings is 1. The van der Waals surface area contributed by atoms with Gasteiger partial charge in [-0.3, -0.25) is 24.1 Å². The molecule has 6 atom stereocenters. The van der Waals surface area contributed by atoms with Crippen LogP contribution in [-0.2, 0) is 30.3 Å². The molecule has 2 heterocycles. The Bertz CT molecular complexity index is 1380. The number of aldehydes is 1. The number of esters is 1. The third-order valence-electron chi connectivity index (χ3n) is 9.34. The van der Waals surface area contributed by atoms with Crippen LogP contribution in [0.1, 0.15) is 107 Å². The summed E-state index contributed by atoms with van der Waals surface area (Å²) in [4.78, 5) is 73.7. The zero-order valence-electron chi connectivity index (χ0n) is 30.1. The van der Waals surface area contributed by atoms with Gasteiger partial charge < -0.3 is 25.1 Å². The lowest BCUT2D eigenvalue weighted by Crippen LogP contribution is -2.58. The smallest absolute Gasteiger partial charge is 0.303 e. The summed E-state index contributed by atoms with van der Waals surface area (Å²) in [5, 5.41) is 7.88. The van der Waals surface area contributed by atoms with Crippen LogP contribution >= 0.6 is 11.3 Å². The van der Waals surface area contributed by atoms with Gasteiger partial charge >= 0.3 is 5.97 Å². The van der Waals surface area contributed by atoms with Crippen molar-refractivity contribution in [1.82, 2.24) is 25.4 Å². The molecule has 3 rings (SSSR count). The lowest BCUT2D eigenvalue weighted by molar-refractivity contribution is -0.149. The third kappa shape index (κ3) is 11.5. The number of hydrogen-bond donors (Lipinski definition) is 2. The van der Waals surface area contributed by atoms with E-state index in [1.807, 2.05) is 76.9 Å². The molecule has 0 aliphatic carbocycles. The Labute approximate surface area is 295 Å². The molecule has 3 amide bonds. The summed E-state index contributed by atoms with van der Waals surface area (Å²) in [7, 11) is 1.95. The topological polar surface area (TPSA) is 138 Å². The average Bonchev–Trinajstić information content (AvgIpc) is 3.58. The Morgan fingerprint density at radius 1 is 1.10 bits per heavy atom. The van der Waals surface area contributed by atoms with E-state index in [2.05, 4.69) is 20.5 Å². The van der Waals surface area contributed by atoms with Crippen LogP contribution < -0.4 is 10.6 Å². The van der Waals surface area contributed by atoms with Crippen molar-refractivity contribution in [2.75, 3.05) is 20.1 Å². The average molecular weight is 698 g/mol. The predicted molar refractivity (Wildman–Crippen MR) is 191 cm³/mol. The number of carbonyl (C=O) groups excluding carboxylic acids is 5. The van der Waals surface area contributed by atoms with E-state index in [1.54, 1.807) is 5.38 Å². The zero-order valence-corrected chi connectivity index (χ0v) is 31.0. The van der Waals surface area contributed by atoms with Gasteiger partial charge in [0.25, 0.3) is 5.91 Å². The monoisotopic (exact) mass is 697 g/mol. The highest BCUT2D eigenvalue weighted by Gasteiger charge is 2.38. The second-order valence-electron chi connectivity index (χ2n) is 13.5. The molecular weight excluding hydrogens is 643 g/mol. The van der Waals surface area contributed by atoms with Gasteiger partial charge in [0.15, 0.2) is 6.10 Å². The highest BCUT2D eigenvalue weighted by atomic mass is 32.1. The van der Waals surface area contributed by atoms with Crippen molar-refractivity contribution in [3.05, 3.63) is 52.0 Å². The molecule has 12 heteroatoms. The first-order valence-corrected chi connectivity index (χ1v) is 18.5. The van der Waals surface area contributed by atoms with Crippen LogP contribution in [0.4, 0.5) is 0 Å². The Morgan fingerprint density at radius 2 is 1.82 bits per heavy atom. The minimum Gasteiger partial charge on any atom is -0.455 e. The molecule has 1 saturated heterocycles. The minimum absolute atomic E-state index is 0.0274. The summed E-state index contributed by atoms with van der Waals surface area (Å²) in [5.74, 6) is -1.41. The van der Waals surface area contributed by atoms with E-state index in [9.17, 15) is 24.0 Å². The Hall–Kier alpha value is -3.64. The molecule has 2 aromatic rings. The zero-order chi connectivity index (χ0) is 36.1. The van der Waals surface area contributed by atoms with Crippen LogP contribution in [0.3, 0.4) is 0 Å². The van der Waals surface area contributed by atoms with Crippen LogP contribution in [0.5, 0.6) is 0 Å². The Kier molecular flexibility index (Phi) is 15.9. The van der Waals surface area contributed by atoms with Crippen molar-refractivity contribution in [2.45, 2.75) is 117 Å². The number of rotatable bonds is 18. The van der Waals surface area contributed by atoms with Crippen LogP contribution in [0.2, 0.25) is 0 Å². The molecule has 0 bridgehead atoms. The van der Waals surface area contributed by atoms with Gasteiger partial charge in [0.05, 0.1) is 12.1 Å². The first-order chi connectivity index (χ1) is 23.4. The molecule has 1 aliphatic rings. The predicted octanol–water partition coefficient (Wildman–Crippen LogP) is 4.96. The van der Waals surface area contributed by atoms with Crippen molar-refractivity contribution in [3.63, 3.8) is 0 Å². The highest BCUT2D eigenvalue weighted by Crippen LogP contribution is 2.32. The number of nitrogens with zero attached hydrogens (tertiary/aromatic N) is 3. The fourth-order valence-electron chi connectivity index (χ4n) is 6.36. The van der Waals surface area contributed by atoms with E-state index in [1.165, 1.54) is 18.3 Å². The number of aromatic nitrogens is 1. The second kappa shape index (κ2) is 19.5. The first-order valence-electron chi connectivity index (χ1n) is 17.6. The summed E-state index contributed by atoms with van der Waals surface area (Å²) in [6, 6.07) is 7.34. The molecule has 49 heavy (non-hydrogen) atoms. The highest BCUT2D eigenvalue weighted by molar-refractivity contribution is 7.09. The van der Waals surface area contributed by atoms with Gasteiger partial charge in [0.2, 0.25) is 11.8 Å². The van der Waals surface area contributed by atoms with Gasteiger partial charge in [-0.05, 0) is 56.7 Å². The Balaban J connectivity index is 1.84. The molecule has 0 radical (unpaired) electrons. The van der Waals surface area contributed by atoms with E-state index in [4.69, 9.17) is 4.74 Å². The maximum Gasteiger partial charge on any atom is 0.303 e. The number of piperidine rings is 1. The number of ether oxygens (including phenoxy) is 1. The van der Waals surface area contributed by atoms with E-state index in [0.717, 1.165) is 31.4 Å². The fourth-order valence-corrected chi connectivity index (χ4v) is 7.20. The van der Waals surface area contributed by atoms with Crippen molar-refractivity contribution in [1.29, 1.82) is 0 Å². The Morgan fingerprint density at radius 3 is 2.41 bits per heavy atom. The lowest BCUT2D eigenvalue weighted by atomic mass is 9.92. The van der Waals surface area contributed by atoms with Gasteiger partial charge in [0.1, 0.15) is 23.0 Å². The van der Waals surface area contributed by atoms with Crippen LogP contribution in [-0.4, -0.2) is 89.1 Å². The number of amides is 3. The van der Waals surface area contributed by atoms with Gasteiger partial charge in [-0.1, -0.05) is 77.8 Å². The number of likely N-dealkylation sites (N-methyl/N-ethyl adjacent to an activating group) is 1. The van der Waals surface area contributed by atoms with Gasteiger partial charge in [-0.25, -0.2) is 4.98 Å². The number of likely N-dealkylation sites (tertiary alicyclic amines) is 1. The molecule has 2 N–H and O–H groups in total. The summed E-state index contributed by atoms with van der Waals surface area (Å²) in [6.45, 7) is 12.7. The minimum atomic E-state index is -0.817. The number of carbonyl (C=O) groups is 5. The molecule has 1 aromatic carbocycles. The molecule has 11 nitrogen and oxygen atoms in total. The van der Waals surface area contributed by atoms with E-state index in [-0.39, 0.29) is 47.8 Å². The van der Waals surface area contributed by atoms with Crippen molar-refractivity contribution in [2.24, 2.45) is 11.8 Å². The van der Waals surface area contributed by atoms with E-state index in [0.29, 0.717) is 37.1 Å². The molecule has 0 unspecified atom stereocenters. The summed E-state index contributed by atoms with van der Waals surface area (Å²) >= 11 is 1.19. The SMILES string of the molecule is CCCN(C(=O)[C@@H](NC(=O)[C@H]1CCCCN1C)[C@@H](C)CC)[C@H](C[C@@H](OC(C)=O)c1nc(C(=O)N[C@H](C=O)Cc2ccccc2)cs1)C(C)C. The quantitative estimate of drug-likeness (QED) is 0.165. The molecule has 0 saturated carbocycles. The molecular formula is C37H55N5O6S. The molecule has 1 fully saturated rings. The largest absolute Gasteiger partial charge is 0.455 e. The fraction of sp³-hybridized carbons (Fsp3) is 0.622. The van der Waals surface area contributed by atoms with E-state index < -0.39 is 30.1 Å². The summed E-state index contributed by atoms with van der Waals surface area (Å²) in [5.41, 5.74) is 1.03. The van der Waals surface area contributed by atoms with Crippen LogP contribution in [0, 0.1) is 11.8 Å². The van der Waals surface area contributed by atoms with Crippen LogP contribution in [0.25, 0.3) is 0 Å². The lowest BCUT2D eigenvalue weighted by Gasteiger charge is -2.40. The third-order valence-corrected chi connectivity index (χ3v) is 10.3. The molecule has 1 aromatic heterocycles. The van der Waals surface area contributed by atoms with Crippen molar-refractivity contribution >= 4 is 41.3 Å². The van der Waals surface area contributed by atoms with Crippen LogP contribution in [0.15, 0.2) is 35.7 Å². The number of nitrogens with one attached hydrogen (secondary N) is 2. The van der Waals surface area contributed by atoms with Gasteiger partial charge in [-0.2, -0.15) is 0 Å². The second-order valence-corrected chi connectivity index (χ2v) is 14.4. The molecule has 1 aliphatic heterocycles. The van der Waals surface area contributed by atoms with Gasteiger partial charge in [-0.15, -0.1) is 11.3 Å². The van der Waals surface area contributed by atoms with E-state index >= 15 is 0 Å². The standard InChI is InChI=1S/C37H55N5O6S/c1-8-18-42(37(47)33(25(5)9-2)40-35(46)30-17-13-14-19-41(30)7)31(24(3)4)21-32(48-26(6)44)36-39-29(23-49-36)34(45)38-28(22-43)20-27-15-11-10-12-16-27/h10-12,15-16,22-25,28,30-33H,8-9,13-14,17-21H2,1-7H3,(H,38,45)(H,40,46)/t25-,28-,30+,31+,32+,33-/m0/s1. The molecule has 270 valence electrons. The summed E-state index contributed by atoms with van der Waals surface area (Å²) < 4.78 is 5.79. The molecule has 0 spiro atoms. The maximum atomic E-state index is 14.5. The normalized spacial score (nSPS) is 18.1. The summed E-state index contributed by atoms with van der Waals surface area (Å²) in [6.07, 6.45) is 4.68. The number of thiazole rings is 1. The maximum absolute atomic E-state index is 14.5. The first kappa shape index (κ1) is 39.8.